The van der Waals surface area contributed by atoms with Crippen molar-refractivity contribution in [2.45, 2.75) is 39.3 Å². The Hall–Kier alpha value is -1.46. The molecule has 0 radical (unpaired) electrons. The monoisotopic (exact) mass is 277 g/mol. The van der Waals surface area contributed by atoms with Gasteiger partial charge < -0.3 is 10.4 Å². The van der Waals surface area contributed by atoms with Gasteiger partial charge in [0, 0.05) is 23.5 Å². The third-order valence-electron chi connectivity index (χ3n) is 2.71. The number of aliphatic hydroxyl groups is 1. The maximum absolute atomic E-state index is 9.10. The Morgan fingerprint density at radius 2 is 2.00 bits per heavy atom. The van der Waals surface area contributed by atoms with Crippen LogP contribution in [-0.4, -0.2) is 14.5 Å². The van der Waals surface area contributed by atoms with Gasteiger partial charge in [-0.25, -0.2) is 4.98 Å². The van der Waals surface area contributed by atoms with Gasteiger partial charge in [-0.2, -0.15) is 4.37 Å². The van der Waals surface area contributed by atoms with Crippen molar-refractivity contribution in [2.24, 2.45) is 0 Å². The Morgan fingerprint density at radius 3 is 2.63 bits per heavy atom. The van der Waals surface area contributed by atoms with E-state index in [0.717, 1.165) is 22.1 Å². The molecule has 1 aromatic carbocycles. The Balaban J connectivity index is 2.00. The van der Waals surface area contributed by atoms with Crippen LogP contribution < -0.4 is 5.32 Å². The number of nitrogens with one attached hydrogen (secondary N) is 1. The van der Waals surface area contributed by atoms with Gasteiger partial charge >= 0.3 is 0 Å². The van der Waals surface area contributed by atoms with Crippen LogP contribution in [0.1, 0.15) is 37.7 Å². The lowest BCUT2D eigenvalue weighted by Gasteiger charge is -2.12. The van der Waals surface area contributed by atoms with Gasteiger partial charge in [0.1, 0.15) is 5.82 Å². The second-order valence-electron chi connectivity index (χ2n) is 5.50. The average molecular weight is 277 g/mol. The van der Waals surface area contributed by atoms with Crippen LogP contribution in [0.3, 0.4) is 0 Å². The van der Waals surface area contributed by atoms with E-state index in [1.165, 1.54) is 11.5 Å². The number of benzene rings is 1. The van der Waals surface area contributed by atoms with E-state index in [2.05, 4.69) is 35.4 Å². The molecule has 2 rings (SSSR count). The quantitative estimate of drug-likeness (QED) is 0.902. The zero-order valence-electron chi connectivity index (χ0n) is 11.5. The van der Waals surface area contributed by atoms with E-state index < -0.39 is 0 Å². The highest BCUT2D eigenvalue weighted by molar-refractivity contribution is 7.09. The van der Waals surface area contributed by atoms with E-state index in [4.69, 9.17) is 5.11 Å². The Bertz CT molecular complexity index is 546. The molecule has 0 spiro atoms. The SMILES string of the molecule is CC(C)(C)c1nsc(NCc2cccc(CO)c2)n1. The van der Waals surface area contributed by atoms with E-state index in [9.17, 15) is 0 Å². The lowest BCUT2D eigenvalue weighted by molar-refractivity contribution is 0.281. The third kappa shape index (κ3) is 3.75. The molecule has 0 fully saturated rings. The minimum atomic E-state index is -0.0206. The summed E-state index contributed by atoms with van der Waals surface area (Å²) in [6, 6.07) is 7.87. The minimum Gasteiger partial charge on any atom is -0.392 e. The molecule has 2 aromatic rings. The summed E-state index contributed by atoms with van der Waals surface area (Å²) in [5.74, 6) is 0.865. The van der Waals surface area contributed by atoms with Gasteiger partial charge in [-0.15, -0.1) is 0 Å². The first-order valence-corrected chi connectivity index (χ1v) is 7.03. The molecule has 1 aromatic heterocycles. The zero-order chi connectivity index (χ0) is 13.9. The van der Waals surface area contributed by atoms with E-state index in [1.54, 1.807) is 0 Å². The smallest absolute Gasteiger partial charge is 0.202 e. The molecular formula is C14H19N3OS. The molecule has 5 heteroatoms. The number of nitrogens with zero attached hydrogens (tertiary/aromatic N) is 2. The highest BCUT2D eigenvalue weighted by Gasteiger charge is 2.19. The zero-order valence-corrected chi connectivity index (χ0v) is 12.3. The highest BCUT2D eigenvalue weighted by atomic mass is 32.1. The Labute approximate surface area is 117 Å². The number of anilines is 1. The molecule has 0 atom stereocenters. The van der Waals surface area contributed by atoms with Crippen LogP contribution in [0.2, 0.25) is 0 Å². The second-order valence-corrected chi connectivity index (χ2v) is 6.26. The molecule has 0 aliphatic heterocycles. The van der Waals surface area contributed by atoms with Crippen molar-refractivity contribution in [3.8, 4) is 0 Å². The lowest BCUT2D eigenvalue weighted by Crippen LogP contribution is -2.13. The molecule has 0 amide bonds. The average Bonchev–Trinajstić information content (AvgIpc) is 2.85. The van der Waals surface area contributed by atoms with Gasteiger partial charge in [0.2, 0.25) is 5.13 Å². The summed E-state index contributed by atoms with van der Waals surface area (Å²) >= 11 is 1.38. The number of aromatic nitrogens is 2. The van der Waals surface area contributed by atoms with Gasteiger partial charge in [-0.1, -0.05) is 45.0 Å². The van der Waals surface area contributed by atoms with Crippen LogP contribution in [-0.2, 0) is 18.6 Å². The fourth-order valence-electron chi connectivity index (χ4n) is 1.62. The molecule has 0 aliphatic carbocycles. The predicted molar refractivity (Wildman–Crippen MR) is 78.3 cm³/mol. The second kappa shape index (κ2) is 5.67. The molecule has 4 nitrogen and oxygen atoms in total. The molecule has 0 bridgehead atoms. The van der Waals surface area contributed by atoms with Crippen LogP contribution in [0.5, 0.6) is 0 Å². The molecular weight excluding hydrogens is 258 g/mol. The standard InChI is InChI=1S/C14H19N3OS/c1-14(2,3)12-16-13(19-17-12)15-8-10-5-4-6-11(7-10)9-18/h4-7,18H,8-9H2,1-3H3,(H,15,16,17). The van der Waals surface area contributed by atoms with Crippen molar-refractivity contribution in [3.63, 3.8) is 0 Å². The Kier molecular flexibility index (Phi) is 4.17. The maximum atomic E-state index is 9.10. The topological polar surface area (TPSA) is 58.0 Å². The summed E-state index contributed by atoms with van der Waals surface area (Å²) in [6.07, 6.45) is 0. The van der Waals surface area contributed by atoms with Crippen LogP contribution in [0.4, 0.5) is 5.13 Å². The fourth-order valence-corrected chi connectivity index (χ4v) is 2.37. The van der Waals surface area contributed by atoms with Crippen molar-refractivity contribution < 1.29 is 5.11 Å². The van der Waals surface area contributed by atoms with Gasteiger partial charge in [0.05, 0.1) is 6.61 Å². The van der Waals surface area contributed by atoms with Gasteiger partial charge in [0.15, 0.2) is 0 Å². The molecule has 19 heavy (non-hydrogen) atoms. The number of hydrogen-bond acceptors (Lipinski definition) is 5. The van der Waals surface area contributed by atoms with Crippen molar-refractivity contribution in [1.82, 2.24) is 9.36 Å². The first-order valence-electron chi connectivity index (χ1n) is 6.26. The van der Waals surface area contributed by atoms with Crippen LogP contribution in [0.25, 0.3) is 0 Å². The van der Waals surface area contributed by atoms with Crippen molar-refractivity contribution in [2.75, 3.05) is 5.32 Å². The van der Waals surface area contributed by atoms with Gasteiger partial charge in [0.25, 0.3) is 0 Å². The largest absolute Gasteiger partial charge is 0.392 e. The summed E-state index contributed by atoms with van der Waals surface area (Å²) in [7, 11) is 0. The van der Waals surface area contributed by atoms with E-state index in [0.29, 0.717) is 6.54 Å². The first-order chi connectivity index (χ1) is 8.99. The van der Waals surface area contributed by atoms with E-state index >= 15 is 0 Å². The molecule has 102 valence electrons. The highest BCUT2D eigenvalue weighted by Crippen LogP contribution is 2.23. The number of aliphatic hydroxyl groups excluding tert-OH is 1. The Morgan fingerprint density at radius 1 is 1.26 bits per heavy atom. The van der Waals surface area contributed by atoms with E-state index in [-0.39, 0.29) is 12.0 Å². The number of hydrogen-bond donors (Lipinski definition) is 2. The van der Waals surface area contributed by atoms with Crippen LogP contribution in [0, 0.1) is 0 Å². The summed E-state index contributed by atoms with van der Waals surface area (Å²) in [6.45, 7) is 7.06. The van der Waals surface area contributed by atoms with Crippen molar-refractivity contribution >= 4 is 16.7 Å². The van der Waals surface area contributed by atoms with Gasteiger partial charge in [-0.3, -0.25) is 0 Å². The van der Waals surface area contributed by atoms with Crippen LogP contribution >= 0.6 is 11.5 Å². The van der Waals surface area contributed by atoms with Crippen LogP contribution in [0.15, 0.2) is 24.3 Å². The molecule has 1 heterocycles. The first kappa shape index (κ1) is 14.0. The summed E-state index contributed by atoms with van der Waals surface area (Å²) < 4.78 is 4.36. The maximum Gasteiger partial charge on any atom is 0.202 e. The molecule has 0 aliphatic rings. The minimum absolute atomic E-state index is 0.0206. The lowest BCUT2D eigenvalue weighted by atomic mass is 9.96. The van der Waals surface area contributed by atoms with Crippen molar-refractivity contribution in [3.05, 3.63) is 41.2 Å². The summed E-state index contributed by atoms with van der Waals surface area (Å²) in [5.41, 5.74) is 2.03. The molecule has 0 saturated carbocycles. The molecule has 2 N–H and O–H groups in total. The normalized spacial score (nSPS) is 11.6. The molecule has 0 saturated heterocycles. The van der Waals surface area contributed by atoms with Crippen molar-refractivity contribution in [1.29, 1.82) is 0 Å². The van der Waals surface area contributed by atoms with Gasteiger partial charge in [-0.05, 0) is 11.1 Å². The summed E-state index contributed by atoms with van der Waals surface area (Å²) in [5, 5.41) is 13.2. The molecule has 0 unspecified atom stereocenters. The van der Waals surface area contributed by atoms with E-state index in [1.807, 2.05) is 24.3 Å². The predicted octanol–water partition coefficient (Wildman–Crippen LogP) is 2.94. The summed E-state index contributed by atoms with van der Waals surface area (Å²) in [4.78, 5) is 4.49. The number of rotatable bonds is 4. The fraction of sp³-hybridized carbons (Fsp3) is 0.429. The third-order valence-corrected chi connectivity index (χ3v) is 3.39.